The summed E-state index contributed by atoms with van der Waals surface area (Å²) in [4.78, 5) is 12.3. The largest absolute Gasteiger partial charge is 0.450 e. The lowest BCUT2D eigenvalue weighted by molar-refractivity contribution is -0.117. The Morgan fingerprint density at radius 3 is 2.97 bits per heavy atom. The number of tetrazole rings is 1. The molecule has 1 fully saturated rings. The summed E-state index contributed by atoms with van der Waals surface area (Å²) in [6.07, 6.45) is 3.32. The highest BCUT2D eigenvalue weighted by atomic mass is 32.2. The molecule has 2 aromatic heterocycles. The highest BCUT2D eigenvalue weighted by Gasteiger charge is 2.18. The molecule has 1 saturated heterocycles. The van der Waals surface area contributed by atoms with E-state index in [9.17, 15) is 10.1 Å². The molecule has 152 valence electrons. The van der Waals surface area contributed by atoms with Crippen molar-refractivity contribution >= 4 is 23.7 Å². The normalized spacial score (nSPS) is 16.4. The minimum Gasteiger partial charge on any atom is -0.450 e. The van der Waals surface area contributed by atoms with Gasteiger partial charge in [0.2, 0.25) is 5.16 Å². The van der Waals surface area contributed by atoms with Crippen LogP contribution < -0.4 is 5.32 Å². The molecule has 1 aliphatic heterocycles. The molecule has 0 aliphatic carbocycles. The molecule has 1 N–H and O–H groups in total. The number of nitrogens with zero attached hydrogens (tertiary/aromatic N) is 5. The van der Waals surface area contributed by atoms with Crippen LogP contribution in [0.25, 0.3) is 11.8 Å². The summed E-state index contributed by atoms with van der Waals surface area (Å²) in [7, 11) is 0. The number of ether oxygens (including phenoxy) is 1. The number of rotatable bonds is 7. The van der Waals surface area contributed by atoms with Crippen LogP contribution in [0.2, 0.25) is 0 Å². The second-order valence-electron chi connectivity index (χ2n) is 6.48. The summed E-state index contributed by atoms with van der Waals surface area (Å²) in [5, 5.41) is 24.9. The Kier molecular flexibility index (Phi) is 6.22. The van der Waals surface area contributed by atoms with Crippen molar-refractivity contribution in [3.8, 4) is 11.8 Å². The molecule has 3 heterocycles. The molecule has 3 aromatic rings. The lowest BCUT2D eigenvalue weighted by Crippen LogP contribution is -2.32. The molecule has 0 radical (unpaired) electrons. The number of nitriles is 1. The first-order valence-electron chi connectivity index (χ1n) is 9.36. The van der Waals surface area contributed by atoms with Gasteiger partial charge in [0.05, 0.1) is 11.8 Å². The van der Waals surface area contributed by atoms with Gasteiger partial charge >= 0.3 is 0 Å². The lowest BCUT2D eigenvalue weighted by Gasteiger charge is -2.09. The molecule has 30 heavy (non-hydrogen) atoms. The molecule has 1 amide bonds. The Morgan fingerprint density at radius 1 is 1.33 bits per heavy atom. The van der Waals surface area contributed by atoms with Crippen molar-refractivity contribution in [3.05, 3.63) is 53.8 Å². The van der Waals surface area contributed by atoms with Crippen molar-refractivity contribution < 1.29 is 13.9 Å². The van der Waals surface area contributed by atoms with E-state index >= 15 is 0 Å². The third-order valence-corrected chi connectivity index (χ3v) is 5.26. The summed E-state index contributed by atoms with van der Waals surface area (Å²) in [6, 6.07) is 14.8. The molecule has 1 aliphatic rings. The second-order valence-corrected chi connectivity index (χ2v) is 7.45. The maximum atomic E-state index is 12.3. The van der Waals surface area contributed by atoms with Gasteiger partial charge in [-0.1, -0.05) is 18.2 Å². The number of carbonyl (C=O) groups is 1. The number of carbonyl (C=O) groups excluding carboxylic acids is 1. The molecule has 1 aromatic carbocycles. The average molecular weight is 422 g/mol. The maximum Gasteiger partial charge on any atom is 0.262 e. The van der Waals surface area contributed by atoms with E-state index in [4.69, 9.17) is 9.15 Å². The van der Waals surface area contributed by atoms with Gasteiger partial charge < -0.3 is 14.5 Å². The minimum absolute atomic E-state index is 0.0103. The van der Waals surface area contributed by atoms with Gasteiger partial charge in [-0.3, -0.25) is 4.79 Å². The first-order chi connectivity index (χ1) is 14.7. The number of para-hydroxylation sites is 1. The van der Waals surface area contributed by atoms with Gasteiger partial charge in [-0.05, 0) is 59.3 Å². The highest BCUT2D eigenvalue weighted by Crippen LogP contribution is 2.29. The monoisotopic (exact) mass is 422 g/mol. The van der Waals surface area contributed by atoms with E-state index in [2.05, 4.69) is 20.8 Å². The zero-order valence-electron chi connectivity index (χ0n) is 15.9. The van der Waals surface area contributed by atoms with E-state index in [1.54, 1.807) is 16.8 Å². The molecule has 0 spiro atoms. The maximum absolute atomic E-state index is 12.3. The fourth-order valence-electron chi connectivity index (χ4n) is 2.93. The van der Waals surface area contributed by atoms with Crippen molar-refractivity contribution in [2.75, 3.05) is 13.2 Å². The number of furan rings is 1. The van der Waals surface area contributed by atoms with E-state index in [1.807, 2.05) is 36.4 Å². The summed E-state index contributed by atoms with van der Waals surface area (Å²) in [5.74, 6) is -0.0633. The Bertz CT molecular complexity index is 1080. The summed E-state index contributed by atoms with van der Waals surface area (Å²) in [5.41, 5.74) is 0.791. The molecule has 1 atom stereocenters. The summed E-state index contributed by atoms with van der Waals surface area (Å²) < 4.78 is 12.8. The number of hydrogen-bond donors (Lipinski definition) is 1. The van der Waals surface area contributed by atoms with Crippen LogP contribution in [-0.4, -0.2) is 45.4 Å². The Labute approximate surface area is 176 Å². The fourth-order valence-corrected chi connectivity index (χ4v) is 3.69. The van der Waals surface area contributed by atoms with Crippen molar-refractivity contribution in [1.29, 1.82) is 5.26 Å². The van der Waals surface area contributed by atoms with E-state index in [-0.39, 0.29) is 11.7 Å². The minimum atomic E-state index is -0.452. The number of nitrogens with one attached hydrogen (secondary N) is 1. The SMILES string of the molecule is N#C/C(=C\c1ccc(Sc2nnnn2-c2ccccc2)o1)C(=O)NC[C@@H]1CCCO1. The van der Waals surface area contributed by atoms with Crippen LogP contribution in [-0.2, 0) is 9.53 Å². The number of amides is 1. The molecule has 0 saturated carbocycles. The Balaban J connectivity index is 1.43. The quantitative estimate of drug-likeness (QED) is 0.456. The van der Waals surface area contributed by atoms with Crippen LogP contribution in [0.3, 0.4) is 0 Å². The predicted octanol–water partition coefficient (Wildman–Crippen LogP) is 2.61. The summed E-state index contributed by atoms with van der Waals surface area (Å²) >= 11 is 1.24. The van der Waals surface area contributed by atoms with Crippen LogP contribution in [0.5, 0.6) is 0 Å². The van der Waals surface area contributed by atoms with Crippen molar-refractivity contribution in [3.63, 3.8) is 0 Å². The van der Waals surface area contributed by atoms with E-state index in [0.29, 0.717) is 29.2 Å². The lowest BCUT2D eigenvalue weighted by atomic mass is 10.2. The van der Waals surface area contributed by atoms with Crippen LogP contribution in [0.4, 0.5) is 0 Å². The average Bonchev–Trinajstić information content (AvgIpc) is 3.54. The number of hydrogen-bond acceptors (Lipinski definition) is 8. The molecule has 0 unspecified atom stereocenters. The van der Waals surface area contributed by atoms with Gasteiger partial charge in [-0.25, -0.2) is 0 Å². The standard InChI is InChI=1S/C20H18N6O3S/c21-12-14(19(27)22-13-17-7-4-10-28-17)11-16-8-9-18(29-16)30-20-23-24-25-26(20)15-5-2-1-3-6-15/h1-3,5-6,8-9,11,17H,4,7,10,13H2,(H,22,27)/b14-11+/t17-/m0/s1. The van der Waals surface area contributed by atoms with Crippen molar-refractivity contribution in [1.82, 2.24) is 25.5 Å². The van der Waals surface area contributed by atoms with Gasteiger partial charge in [0.15, 0.2) is 5.09 Å². The van der Waals surface area contributed by atoms with E-state index < -0.39 is 5.91 Å². The molecule has 0 bridgehead atoms. The Hall–Kier alpha value is -3.42. The smallest absolute Gasteiger partial charge is 0.262 e. The summed E-state index contributed by atoms with van der Waals surface area (Å²) in [6.45, 7) is 1.10. The molecular weight excluding hydrogens is 404 g/mol. The van der Waals surface area contributed by atoms with Crippen molar-refractivity contribution in [2.24, 2.45) is 0 Å². The molecule has 10 heteroatoms. The zero-order chi connectivity index (χ0) is 20.8. The fraction of sp³-hybridized carbons (Fsp3) is 0.250. The van der Waals surface area contributed by atoms with Gasteiger partial charge in [0.1, 0.15) is 17.4 Å². The van der Waals surface area contributed by atoms with Crippen LogP contribution in [0, 0.1) is 11.3 Å². The van der Waals surface area contributed by atoms with Gasteiger partial charge in [-0.2, -0.15) is 9.94 Å². The number of aromatic nitrogens is 4. The molecule has 4 rings (SSSR count). The first-order valence-corrected chi connectivity index (χ1v) is 10.2. The van der Waals surface area contributed by atoms with Gasteiger partial charge in [0.25, 0.3) is 5.91 Å². The van der Waals surface area contributed by atoms with Crippen molar-refractivity contribution in [2.45, 2.75) is 29.2 Å². The van der Waals surface area contributed by atoms with E-state index in [1.165, 1.54) is 17.8 Å². The van der Waals surface area contributed by atoms with Gasteiger partial charge in [0, 0.05) is 19.2 Å². The topological polar surface area (TPSA) is 119 Å². The first kappa shape index (κ1) is 19.9. The Morgan fingerprint density at radius 2 is 2.20 bits per heavy atom. The van der Waals surface area contributed by atoms with Crippen LogP contribution in [0.1, 0.15) is 18.6 Å². The van der Waals surface area contributed by atoms with Crippen LogP contribution >= 0.6 is 11.8 Å². The molecular formula is C20H18N6O3S. The number of benzene rings is 1. The third-order valence-electron chi connectivity index (χ3n) is 4.40. The molecule has 9 nitrogen and oxygen atoms in total. The third kappa shape index (κ3) is 4.76. The van der Waals surface area contributed by atoms with E-state index in [0.717, 1.165) is 18.5 Å². The predicted molar refractivity (Wildman–Crippen MR) is 108 cm³/mol. The van der Waals surface area contributed by atoms with Crippen LogP contribution in [0.15, 0.2) is 62.7 Å². The van der Waals surface area contributed by atoms with Gasteiger partial charge in [-0.15, -0.1) is 5.10 Å². The highest BCUT2D eigenvalue weighted by molar-refractivity contribution is 7.99. The second kappa shape index (κ2) is 9.39. The zero-order valence-corrected chi connectivity index (χ0v) is 16.7.